The van der Waals surface area contributed by atoms with Crippen molar-refractivity contribution in [1.29, 1.82) is 0 Å². The zero-order valence-corrected chi connectivity index (χ0v) is 11.7. The van der Waals surface area contributed by atoms with Crippen molar-refractivity contribution in [1.82, 2.24) is 9.88 Å². The molecule has 0 spiro atoms. The molecule has 1 amide bonds. The first kappa shape index (κ1) is 13.1. The summed E-state index contributed by atoms with van der Waals surface area (Å²) < 4.78 is 7.57. The lowest BCUT2D eigenvalue weighted by molar-refractivity contribution is -0.141. The molecule has 0 atom stereocenters. The van der Waals surface area contributed by atoms with E-state index < -0.39 is 5.97 Å². The average molecular weight is 315 g/mol. The Morgan fingerprint density at radius 2 is 2.28 bits per heavy atom. The highest BCUT2D eigenvalue weighted by Crippen LogP contribution is 2.37. The summed E-state index contributed by atoms with van der Waals surface area (Å²) in [5, 5.41) is 2.56. The lowest BCUT2D eigenvalue weighted by atomic mass is 10.4. The van der Waals surface area contributed by atoms with Crippen LogP contribution >= 0.6 is 15.9 Å². The maximum absolute atomic E-state index is 12.0. The highest BCUT2D eigenvalue weighted by atomic mass is 79.9. The Morgan fingerprint density at radius 1 is 1.56 bits per heavy atom. The molecule has 0 bridgehead atoms. The van der Waals surface area contributed by atoms with E-state index in [-0.39, 0.29) is 12.5 Å². The van der Waals surface area contributed by atoms with E-state index in [1.165, 1.54) is 0 Å². The van der Waals surface area contributed by atoms with Crippen molar-refractivity contribution in [3.05, 3.63) is 22.4 Å². The van der Waals surface area contributed by atoms with Crippen LogP contribution < -0.4 is 5.32 Å². The monoisotopic (exact) mass is 314 g/mol. The minimum atomic E-state index is -0.422. The molecule has 0 unspecified atom stereocenters. The Balaban J connectivity index is 1.98. The van der Waals surface area contributed by atoms with Crippen molar-refractivity contribution in [2.24, 2.45) is 0 Å². The molecule has 1 aliphatic rings. The van der Waals surface area contributed by atoms with Crippen LogP contribution in [0.3, 0.4) is 0 Å². The van der Waals surface area contributed by atoms with E-state index in [9.17, 15) is 9.59 Å². The molecule has 0 radical (unpaired) electrons. The Bertz CT molecular complexity index is 466. The molecule has 1 aromatic heterocycles. The number of esters is 1. The fourth-order valence-corrected chi connectivity index (χ4v) is 2.17. The number of halogens is 1. The molecule has 0 aliphatic heterocycles. The summed E-state index contributed by atoms with van der Waals surface area (Å²) in [7, 11) is 0. The van der Waals surface area contributed by atoms with Gasteiger partial charge in [0.15, 0.2) is 0 Å². The summed E-state index contributed by atoms with van der Waals surface area (Å²) in [5.74, 6) is -0.671. The topological polar surface area (TPSA) is 60.3 Å². The van der Waals surface area contributed by atoms with Gasteiger partial charge in [0.05, 0.1) is 6.61 Å². The minimum Gasteiger partial charge on any atom is -0.465 e. The first-order chi connectivity index (χ1) is 8.61. The highest BCUT2D eigenvalue weighted by molar-refractivity contribution is 9.10. The van der Waals surface area contributed by atoms with Gasteiger partial charge in [0, 0.05) is 16.7 Å². The zero-order valence-electron chi connectivity index (χ0n) is 10.1. The predicted octanol–water partition coefficient (Wildman–Crippen LogP) is 1.88. The third-order valence-corrected chi connectivity index (χ3v) is 3.12. The predicted molar refractivity (Wildman–Crippen MR) is 69.4 cm³/mol. The Labute approximate surface area is 114 Å². The van der Waals surface area contributed by atoms with E-state index in [0.29, 0.717) is 18.3 Å². The first-order valence-electron chi connectivity index (χ1n) is 5.93. The number of nitrogens with one attached hydrogen (secondary N) is 1. The van der Waals surface area contributed by atoms with Crippen molar-refractivity contribution < 1.29 is 14.3 Å². The summed E-state index contributed by atoms with van der Waals surface area (Å²) in [4.78, 5) is 23.1. The van der Waals surface area contributed by atoms with Crippen LogP contribution in [0.5, 0.6) is 0 Å². The van der Waals surface area contributed by atoms with Gasteiger partial charge in [-0.25, -0.2) is 0 Å². The molecule has 18 heavy (non-hydrogen) atoms. The lowest BCUT2D eigenvalue weighted by Crippen LogP contribution is -2.31. The van der Waals surface area contributed by atoms with E-state index in [4.69, 9.17) is 4.74 Å². The third-order valence-electron chi connectivity index (χ3n) is 2.69. The molecule has 1 saturated carbocycles. The maximum atomic E-state index is 12.0. The summed E-state index contributed by atoms with van der Waals surface area (Å²) in [6.45, 7) is 1.95. The Hall–Kier alpha value is -1.30. The molecule has 0 saturated heterocycles. The summed E-state index contributed by atoms with van der Waals surface area (Å²) >= 11 is 3.36. The summed E-state index contributed by atoms with van der Waals surface area (Å²) in [6.07, 6.45) is 4.09. The van der Waals surface area contributed by atoms with Crippen LogP contribution in [-0.4, -0.2) is 29.6 Å². The van der Waals surface area contributed by atoms with E-state index in [2.05, 4.69) is 21.2 Å². The second kappa shape index (κ2) is 5.56. The van der Waals surface area contributed by atoms with Gasteiger partial charge < -0.3 is 14.6 Å². The van der Waals surface area contributed by atoms with Crippen LogP contribution in [0.15, 0.2) is 16.7 Å². The summed E-state index contributed by atoms with van der Waals surface area (Å²) in [5.41, 5.74) is 0.577. The molecular formula is C12H15BrN2O3. The quantitative estimate of drug-likeness (QED) is 0.844. The molecule has 1 fully saturated rings. The number of carbonyl (C=O) groups is 2. The maximum Gasteiger partial charge on any atom is 0.325 e. The fourth-order valence-electron chi connectivity index (χ4n) is 1.74. The van der Waals surface area contributed by atoms with Gasteiger partial charge in [-0.1, -0.05) is 0 Å². The molecule has 2 rings (SSSR count). The van der Waals surface area contributed by atoms with Gasteiger partial charge in [0.2, 0.25) is 0 Å². The molecule has 6 heteroatoms. The van der Waals surface area contributed by atoms with Gasteiger partial charge >= 0.3 is 5.97 Å². The lowest BCUT2D eigenvalue weighted by Gasteiger charge is -2.08. The van der Waals surface area contributed by atoms with E-state index >= 15 is 0 Å². The van der Waals surface area contributed by atoms with Crippen LogP contribution in [0, 0.1) is 0 Å². The molecule has 5 nitrogen and oxygen atoms in total. The van der Waals surface area contributed by atoms with Gasteiger partial charge in [-0.05, 0) is 41.8 Å². The van der Waals surface area contributed by atoms with Crippen molar-refractivity contribution in [2.45, 2.75) is 25.8 Å². The number of hydrogen-bond acceptors (Lipinski definition) is 3. The van der Waals surface area contributed by atoms with Crippen molar-refractivity contribution in [3.8, 4) is 0 Å². The van der Waals surface area contributed by atoms with Crippen molar-refractivity contribution >= 4 is 27.8 Å². The Morgan fingerprint density at radius 3 is 2.89 bits per heavy atom. The van der Waals surface area contributed by atoms with Gasteiger partial charge in [-0.15, -0.1) is 0 Å². The molecule has 1 aliphatic carbocycles. The Kier molecular flexibility index (Phi) is 4.06. The van der Waals surface area contributed by atoms with E-state index in [0.717, 1.165) is 17.3 Å². The number of rotatable bonds is 5. The molecule has 1 aromatic rings. The molecule has 0 aromatic carbocycles. The summed E-state index contributed by atoms with van der Waals surface area (Å²) in [6, 6.07) is 2.18. The SMILES string of the molecule is CCOC(=O)CNC(=O)c1cc(Br)cn1C1CC1. The van der Waals surface area contributed by atoms with Crippen LogP contribution in [0.25, 0.3) is 0 Å². The standard InChI is InChI=1S/C12H15BrN2O3/c1-2-18-11(16)6-14-12(17)10-5-8(13)7-15(10)9-3-4-9/h5,7,9H,2-4,6H2,1H3,(H,14,17). The van der Waals surface area contributed by atoms with Crippen LogP contribution in [0.2, 0.25) is 0 Å². The minimum absolute atomic E-state index is 0.0971. The number of carbonyl (C=O) groups excluding carboxylic acids is 2. The number of nitrogens with zero attached hydrogens (tertiary/aromatic N) is 1. The van der Waals surface area contributed by atoms with Gasteiger partial charge in [0.25, 0.3) is 5.91 Å². The van der Waals surface area contributed by atoms with Gasteiger partial charge in [-0.2, -0.15) is 0 Å². The van der Waals surface area contributed by atoms with Crippen molar-refractivity contribution in [2.75, 3.05) is 13.2 Å². The van der Waals surface area contributed by atoms with Gasteiger partial charge in [-0.3, -0.25) is 9.59 Å². The third kappa shape index (κ3) is 3.13. The molecule has 1 N–H and O–H groups in total. The second-order valence-electron chi connectivity index (χ2n) is 4.17. The number of hydrogen-bond donors (Lipinski definition) is 1. The normalized spacial score (nSPS) is 14.3. The number of ether oxygens (including phenoxy) is 1. The molecular weight excluding hydrogens is 300 g/mol. The van der Waals surface area contributed by atoms with E-state index in [1.807, 2.05) is 10.8 Å². The van der Waals surface area contributed by atoms with Crippen molar-refractivity contribution in [3.63, 3.8) is 0 Å². The number of amides is 1. The van der Waals surface area contributed by atoms with Crippen LogP contribution in [-0.2, 0) is 9.53 Å². The highest BCUT2D eigenvalue weighted by Gasteiger charge is 2.27. The van der Waals surface area contributed by atoms with E-state index in [1.54, 1.807) is 13.0 Å². The largest absolute Gasteiger partial charge is 0.465 e. The smallest absolute Gasteiger partial charge is 0.325 e. The van der Waals surface area contributed by atoms with Crippen LogP contribution in [0.1, 0.15) is 36.3 Å². The zero-order chi connectivity index (χ0) is 13.1. The average Bonchev–Trinajstić information content (AvgIpc) is 3.10. The van der Waals surface area contributed by atoms with Gasteiger partial charge in [0.1, 0.15) is 12.2 Å². The molecule has 98 valence electrons. The molecule has 1 heterocycles. The second-order valence-corrected chi connectivity index (χ2v) is 5.09. The van der Waals surface area contributed by atoms with Crippen LogP contribution in [0.4, 0.5) is 0 Å². The number of aromatic nitrogens is 1. The fraction of sp³-hybridized carbons (Fsp3) is 0.500. The first-order valence-corrected chi connectivity index (χ1v) is 6.72.